The number of ether oxygens (including phenoxy) is 1. The van der Waals surface area contributed by atoms with Crippen LogP contribution in [0.2, 0.25) is 10.0 Å². The molecule has 1 aromatic carbocycles. The zero-order chi connectivity index (χ0) is 14.5. The van der Waals surface area contributed by atoms with E-state index in [0.717, 1.165) is 18.5 Å². The average Bonchev–Trinajstić information content (AvgIpc) is 2.30. The summed E-state index contributed by atoms with van der Waals surface area (Å²) in [6.07, 6.45) is 0.876. The maximum atomic E-state index is 6.04. The fourth-order valence-corrected chi connectivity index (χ4v) is 2.10. The first-order chi connectivity index (χ1) is 8.81. The maximum Gasteiger partial charge on any atom is 0.0629 e. The van der Waals surface area contributed by atoms with E-state index in [0.29, 0.717) is 16.7 Å². The molecule has 0 aliphatic rings. The number of likely N-dealkylation sites (N-methyl/N-ethyl adjacent to an activating group) is 1. The predicted molar refractivity (Wildman–Crippen MR) is 83.3 cm³/mol. The van der Waals surface area contributed by atoms with E-state index in [-0.39, 0.29) is 11.6 Å². The second-order valence-corrected chi connectivity index (χ2v) is 6.44. The number of nitrogens with one attached hydrogen (secondary N) is 1. The molecule has 1 atom stereocenters. The molecule has 0 bridgehead atoms. The molecule has 2 nitrogen and oxygen atoms in total. The van der Waals surface area contributed by atoms with Crippen molar-refractivity contribution in [1.82, 2.24) is 5.32 Å². The van der Waals surface area contributed by atoms with Crippen LogP contribution in [0.4, 0.5) is 0 Å². The summed E-state index contributed by atoms with van der Waals surface area (Å²) in [4.78, 5) is 0. The topological polar surface area (TPSA) is 21.3 Å². The molecule has 0 heterocycles. The van der Waals surface area contributed by atoms with E-state index in [9.17, 15) is 0 Å². The Morgan fingerprint density at radius 3 is 2.42 bits per heavy atom. The largest absolute Gasteiger partial charge is 0.374 e. The lowest BCUT2D eigenvalue weighted by Gasteiger charge is -2.25. The number of rotatable bonds is 6. The van der Waals surface area contributed by atoms with Gasteiger partial charge in [0.15, 0.2) is 0 Å². The zero-order valence-corrected chi connectivity index (χ0v) is 13.6. The summed E-state index contributed by atoms with van der Waals surface area (Å²) in [5, 5.41) is 4.63. The van der Waals surface area contributed by atoms with Gasteiger partial charge in [-0.05, 0) is 51.4 Å². The van der Waals surface area contributed by atoms with Crippen molar-refractivity contribution in [3.63, 3.8) is 0 Å². The third-order valence-electron chi connectivity index (χ3n) is 2.68. The van der Waals surface area contributed by atoms with Gasteiger partial charge in [-0.1, -0.05) is 36.2 Å². The normalized spacial score (nSPS) is 13.6. The molecular weight excluding hydrogens is 281 g/mol. The summed E-state index contributed by atoms with van der Waals surface area (Å²) in [5.41, 5.74) is 1.04. The molecule has 0 aromatic heterocycles. The van der Waals surface area contributed by atoms with Crippen molar-refractivity contribution in [1.29, 1.82) is 0 Å². The highest BCUT2D eigenvalue weighted by Crippen LogP contribution is 2.23. The highest BCUT2D eigenvalue weighted by molar-refractivity contribution is 6.42. The Labute approximate surface area is 126 Å². The van der Waals surface area contributed by atoms with Gasteiger partial charge < -0.3 is 10.1 Å². The first-order valence-corrected chi connectivity index (χ1v) is 7.38. The first-order valence-electron chi connectivity index (χ1n) is 6.63. The lowest BCUT2D eigenvalue weighted by molar-refractivity contribution is -0.0141. The van der Waals surface area contributed by atoms with Gasteiger partial charge >= 0.3 is 0 Å². The van der Waals surface area contributed by atoms with Gasteiger partial charge in [0.1, 0.15) is 0 Å². The van der Waals surface area contributed by atoms with Crippen molar-refractivity contribution in [3.05, 3.63) is 33.8 Å². The molecule has 108 valence electrons. The van der Waals surface area contributed by atoms with E-state index in [1.807, 2.05) is 18.2 Å². The van der Waals surface area contributed by atoms with Crippen LogP contribution in [0.25, 0.3) is 0 Å². The van der Waals surface area contributed by atoms with E-state index in [2.05, 4.69) is 33.0 Å². The number of hydrogen-bond acceptors (Lipinski definition) is 2. The minimum Gasteiger partial charge on any atom is -0.374 e. The zero-order valence-electron chi connectivity index (χ0n) is 12.1. The van der Waals surface area contributed by atoms with Crippen molar-refractivity contribution in [2.75, 3.05) is 13.2 Å². The monoisotopic (exact) mass is 303 g/mol. The standard InChI is InChI=1S/C15H23Cl2NO/c1-5-18-12(10-19-15(2,3)4)8-11-6-7-13(16)14(17)9-11/h6-7,9,12,18H,5,8,10H2,1-4H3. The second kappa shape index (κ2) is 7.49. The van der Waals surface area contributed by atoms with Crippen LogP contribution < -0.4 is 5.32 Å². The Balaban J connectivity index is 2.64. The molecule has 0 amide bonds. The summed E-state index contributed by atoms with van der Waals surface area (Å²) in [5.74, 6) is 0. The highest BCUT2D eigenvalue weighted by atomic mass is 35.5. The van der Waals surface area contributed by atoms with Crippen LogP contribution >= 0.6 is 23.2 Å². The van der Waals surface area contributed by atoms with Gasteiger partial charge in [0.05, 0.1) is 22.3 Å². The molecule has 0 fully saturated rings. The average molecular weight is 304 g/mol. The molecule has 0 saturated carbocycles. The summed E-state index contributed by atoms with van der Waals surface area (Å²) in [6.45, 7) is 9.88. The van der Waals surface area contributed by atoms with Crippen LogP contribution in [0.3, 0.4) is 0 Å². The third-order valence-corrected chi connectivity index (χ3v) is 3.42. The van der Waals surface area contributed by atoms with Gasteiger partial charge in [0.2, 0.25) is 0 Å². The Morgan fingerprint density at radius 1 is 1.21 bits per heavy atom. The summed E-state index contributed by atoms with van der Waals surface area (Å²) >= 11 is 12.0. The Bertz CT molecular complexity index is 402. The fourth-order valence-electron chi connectivity index (χ4n) is 1.78. The van der Waals surface area contributed by atoms with Crippen LogP contribution in [0.1, 0.15) is 33.3 Å². The van der Waals surface area contributed by atoms with E-state index < -0.39 is 0 Å². The predicted octanol–water partition coefficient (Wildman–Crippen LogP) is 4.33. The lowest BCUT2D eigenvalue weighted by Crippen LogP contribution is -2.38. The number of halogens is 2. The van der Waals surface area contributed by atoms with Crippen LogP contribution in [0.5, 0.6) is 0 Å². The Kier molecular flexibility index (Phi) is 6.61. The highest BCUT2D eigenvalue weighted by Gasteiger charge is 2.15. The lowest BCUT2D eigenvalue weighted by atomic mass is 10.1. The van der Waals surface area contributed by atoms with Gasteiger partial charge in [-0.2, -0.15) is 0 Å². The van der Waals surface area contributed by atoms with E-state index in [1.165, 1.54) is 0 Å². The molecule has 19 heavy (non-hydrogen) atoms. The minimum absolute atomic E-state index is 0.120. The first kappa shape index (κ1) is 16.8. The Hall–Kier alpha value is -0.280. The Morgan fingerprint density at radius 2 is 1.89 bits per heavy atom. The molecule has 4 heteroatoms. The van der Waals surface area contributed by atoms with Crippen LogP contribution in [-0.2, 0) is 11.2 Å². The van der Waals surface area contributed by atoms with Gasteiger partial charge in [0, 0.05) is 6.04 Å². The van der Waals surface area contributed by atoms with E-state index in [4.69, 9.17) is 27.9 Å². The summed E-state index contributed by atoms with van der Waals surface area (Å²) in [6, 6.07) is 6.05. The van der Waals surface area contributed by atoms with Gasteiger partial charge in [0.25, 0.3) is 0 Å². The quantitative estimate of drug-likeness (QED) is 0.844. The van der Waals surface area contributed by atoms with Crippen molar-refractivity contribution >= 4 is 23.2 Å². The van der Waals surface area contributed by atoms with E-state index in [1.54, 1.807) is 0 Å². The molecule has 0 saturated heterocycles. The van der Waals surface area contributed by atoms with Crippen LogP contribution in [0, 0.1) is 0 Å². The molecule has 0 radical (unpaired) electrons. The second-order valence-electron chi connectivity index (χ2n) is 5.63. The molecule has 0 aliphatic carbocycles. The van der Waals surface area contributed by atoms with Gasteiger partial charge in [-0.25, -0.2) is 0 Å². The van der Waals surface area contributed by atoms with Crippen molar-refractivity contribution in [3.8, 4) is 0 Å². The molecule has 0 spiro atoms. The molecule has 1 aromatic rings. The molecule has 0 aliphatic heterocycles. The smallest absolute Gasteiger partial charge is 0.0629 e. The van der Waals surface area contributed by atoms with Crippen molar-refractivity contribution in [2.24, 2.45) is 0 Å². The summed E-state index contributed by atoms with van der Waals surface area (Å²) < 4.78 is 5.85. The number of hydrogen-bond donors (Lipinski definition) is 1. The molecular formula is C15H23Cl2NO. The van der Waals surface area contributed by atoms with Crippen molar-refractivity contribution < 1.29 is 4.74 Å². The minimum atomic E-state index is -0.120. The molecule has 1 rings (SSSR count). The van der Waals surface area contributed by atoms with Crippen LogP contribution in [-0.4, -0.2) is 24.8 Å². The molecule has 1 unspecified atom stereocenters. The fraction of sp³-hybridized carbons (Fsp3) is 0.600. The number of benzene rings is 1. The summed E-state index contributed by atoms with van der Waals surface area (Å²) in [7, 11) is 0. The third kappa shape index (κ3) is 6.62. The van der Waals surface area contributed by atoms with Crippen LogP contribution in [0.15, 0.2) is 18.2 Å². The van der Waals surface area contributed by atoms with E-state index >= 15 is 0 Å². The maximum absolute atomic E-state index is 6.04. The SMILES string of the molecule is CCNC(COC(C)(C)C)Cc1ccc(Cl)c(Cl)c1. The van der Waals surface area contributed by atoms with Gasteiger partial charge in [-0.15, -0.1) is 0 Å². The van der Waals surface area contributed by atoms with Gasteiger partial charge in [-0.3, -0.25) is 0 Å². The van der Waals surface area contributed by atoms with Crippen molar-refractivity contribution in [2.45, 2.75) is 45.8 Å². The molecule has 1 N–H and O–H groups in total.